The van der Waals surface area contributed by atoms with E-state index >= 15 is 0 Å². The fourth-order valence-electron chi connectivity index (χ4n) is 3.39. The number of likely N-dealkylation sites (N-methyl/N-ethyl adjacent to an activating group) is 1. The van der Waals surface area contributed by atoms with Gasteiger partial charge in [0, 0.05) is 30.3 Å². The van der Waals surface area contributed by atoms with Crippen LogP contribution in [0.3, 0.4) is 0 Å². The summed E-state index contributed by atoms with van der Waals surface area (Å²) in [4.78, 5) is 18.0. The summed E-state index contributed by atoms with van der Waals surface area (Å²) in [5.74, 6) is 0.0511. The number of aromatic nitrogens is 1. The van der Waals surface area contributed by atoms with Crippen LogP contribution in [0.25, 0.3) is 10.9 Å². The average Bonchev–Trinajstić information content (AvgIpc) is 2.95. The highest BCUT2D eigenvalue weighted by Gasteiger charge is 2.22. The summed E-state index contributed by atoms with van der Waals surface area (Å²) in [6, 6.07) is 17.8. The number of hydrogen-bond donors (Lipinski definition) is 2. The number of aryl methyl sites for hydroxylation is 1. The van der Waals surface area contributed by atoms with E-state index in [0.29, 0.717) is 12.8 Å². The van der Waals surface area contributed by atoms with Crippen LogP contribution >= 0.6 is 0 Å². The van der Waals surface area contributed by atoms with Crippen molar-refractivity contribution in [3.8, 4) is 0 Å². The molecule has 25 heavy (non-hydrogen) atoms. The zero-order valence-electron chi connectivity index (χ0n) is 14.7. The zero-order chi connectivity index (χ0) is 17.8. The lowest BCUT2D eigenvalue weighted by Gasteiger charge is -2.28. The van der Waals surface area contributed by atoms with Crippen LogP contribution in [-0.2, 0) is 11.2 Å². The summed E-state index contributed by atoms with van der Waals surface area (Å²) in [5.41, 5.74) is 4.17. The Bertz CT molecular complexity index is 855. The summed E-state index contributed by atoms with van der Waals surface area (Å²) < 4.78 is 0. The monoisotopic (exact) mass is 336 g/mol. The Kier molecular flexibility index (Phi) is 5.19. The Hall–Kier alpha value is -2.59. The molecule has 2 N–H and O–H groups in total. The van der Waals surface area contributed by atoms with E-state index in [9.17, 15) is 9.90 Å². The van der Waals surface area contributed by atoms with Crippen molar-refractivity contribution in [2.75, 3.05) is 13.7 Å². The van der Waals surface area contributed by atoms with Gasteiger partial charge in [-0.3, -0.25) is 4.79 Å². The molecule has 1 atom stereocenters. The Labute approximate surface area is 148 Å². The molecule has 3 aromatic rings. The summed E-state index contributed by atoms with van der Waals surface area (Å²) in [6.45, 7) is 2.05. The van der Waals surface area contributed by atoms with Crippen LogP contribution in [0.2, 0.25) is 0 Å². The van der Waals surface area contributed by atoms with E-state index in [1.807, 2.05) is 68.6 Å². The zero-order valence-corrected chi connectivity index (χ0v) is 14.7. The van der Waals surface area contributed by atoms with Gasteiger partial charge in [0.2, 0.25) is 5.91 Å². The Morgan fingerprint density at radius 1 is 1.12 bits per heavy atom. The van der Waals surface area contributed by atoms with Crippen molar-refractivity contribution in [1.82, 2.24) is 9.88 Å². The third-order valence-corrected chi connectivity index (χ3v) is 4.80. The van der Waals surface area contributed by atoms with Gasteiger partial charge >= 0.3 is 0 Å². The number of aromatic amines is 1. The molecule has 130 valence electrons. The van der Waals surface area contributed by atoms with Crippen LogP contribution in [-0.4, -0.2) is 34.6 Å². The Balaban J connectivity index is 1.84. The predicted molar refractivity (Wildman–Crippen MR) is 100 cm³/mol. The first-order valence-corrected chi connectivity index (χ1v) is 8.59. The lowest BCUT2D eigenvalue weighted by molar-refractivity contribution is -0.131. The van der Waals surface area contributed by atoms with E-state index in [1.54, 1.807) is 4.90 Å². The number of para-hydroxylation sites is 1. The fraction of sp³-hybridized carbons (Fsp3) is 0.286. The molecule has 1 unspecified atom stereocenters. The highest BCUT2D eigenvalue weighted by atomic mass is 16.3. The standard InChI is InChI=1S/C21H24N2O2/c1-15-18(17-10-6-7-11-19(17)22-15)14-21(25)23(2)20(12-13-24)16-8-4-3-5-9-16/h3-11,20,22,24H,12-14H2,1-2H3. The molecule has 0 aliphatic rings. The number of fused-ring (bicyclic) bond motifs is 1. The van der Waals surface area contributed by atoms with E-state index < -0.39 is 0 Å². The number of benzene rings is 2. The van der Waals surface area contributed by atoms with Gasteiger partial charge in [0.1, 0.15) is 0 Å². The van der Waals surface area contributed by atoms with Gasteiger partial charge in [-0.15, -0.1) is 0 Å². The van der Waals surface area contributed by atoms with E-state index in [1.165, 1.54) is 0 Å². The van der Waals surface area contributed by atoms with E-state index in [4.69, 9.17) is 0 Å². The molecule has 0 radical (unpaired) electrons. The Morgan fingerprint density at radius 2 is 1.80 bits per heavy atom. The third-order valence-electron chi connectivity index (χ3n) is 4.80. The third kappa shape index (κ3) is 3.59. The highest BCUT2D eigenvalue weighted by Crippen LogP contribution is 2.26. The maximum absolute atomic E-state index is 12.9. The molecule has 0 bridgehead atoms. The number of aliphatic hydroxyl groups is 1. The van der Waals surface area contributed by atoms with Crippen LogP contribution in [0, 0.1) is 6.92 Å². The number of nitrogens with zero attached hydrogens (tertiary/aromatic N) is 1. The molecule has 1 heterocycles. The molecule has 0 aliphatic heterocycles. The molecule has 3 rings (SSSR count). The quantitative estimate of drug-likeness (QED) is 0.722. The number of H-pyrrole nitrogens is 1. The summed E-state index contributed by atoms with van der Waals surface area (Å²) in [6.07, 6.45) is 0.875. The van der Waals surface area contributed by atoms with Crippen molar-refractivity contribution in [2.24, 2.45) is 0 Å². The second-order valence-electron chi connectivity index (χ2n) is 6.39. The van der Waals surface area contributed by atoms with Gasteiger partial charge in [-0.1, -0.05) is 48.5 Å². The molecule has 1 amide bonds. The lowest BCUT2D eigenvalue weighted by Crippen LogP contribution is -2.33. The van der Waals surface area contributed by atoms with E-state index in [-0.39, 0.29) is 18.6 Å². The topological polar surface area (TPSA) is 56.3 Å². The number of rotatable bonds is 6. The number of amides is 1. The SMILES string of the molecule is Cc1[nH]c2ccccc2c1CC(=O)N(C)C(CCO)c1ccccc1. The average molecular weight is 336 g/mol. The molecule has 0 aliphatic carbocycles. The maximum Gasteiger partial charge on any atom is 0.227 e. The number of hydrogen-bond acceptors (Lipinski definition) is 2. The first kappa shape index (κ1) is 17.2. The molecule has 1 aromatic heterocycles. The van der Waals surface area contributed by atoms with Gasteiger partial charge in [0.15, 0.2) is 0 Å². The van der Waals surface area contributed by atoms with Crippen LogP contribution in [0.15, 0.2) is 54.6 Å². The molecule has 4 nitrogen and oxygen atoms in total. The predicted octanol–water partition coefficient (Wildman–Crippen LogP) is 3.60. The molecule has 0 spiro atoms. The lowest BCUT2D eigenvalue weighted by atomic mass is 10.0. The fourth-order valence-corrected chi connectivity index (χ4v) is 3.39. The minimum absolute atomic E-state index is 0.0449. The van der Waals surface area contributed by atoms with Crippen LogP contribution < -0.4 is 0 Å². The maximum atomic E-state index is 12.9. The second kappa shape index (κ2) is 7.53. The van der Waals surface area contributed by atoms with Crippen LogP contribution in [0.1, 0.15) is 29.3 Å². The smallest absolute Gasteiger partial charge is 0.227 e. The van der Waals surface area contributed by atoms with Crippen LogP contribution in [0.5, 0.6) is 0 Å². The van der Waals surface area contributed by atoms with Crippen molar-refractivity contribution in [2.45, 2.75) is 25.8 Å². The first-order valence-electron chi connectivity index (χ1n) is 8.59. The van der Waals surface area contributed by atoms with Gasteiger partial charge in [-0.25, -0.2) is 0 Å². The minimum atomic E-state index is -0.121. The molecule has 4 heteroatoms. The summed E-state index contributed by atoms with van der Waals surface area (Å²) >= 11 is 0. The van der Waals surface area contributed by atoms with Crippen molar-refractivity contribution < 1.29 is 9.90 Å². The number of aliphatic hydroxyl groups excluding tert-OH is 1. The number of carbonyl (C=O) groups excluding carboxylic acids is 1. The highest BCUT2D eigenvalue weighted by molar-refractivity contribution is 5.90. The molecule has 2 aromatic carbocycles. The van der Waals surface area contributed by atoms with Crippen molar-refractivity contribution >= 4 is 16.8 Å². The molecular weight excluding hydrogens is 312 g/mol. The van der Waals surface area contributed by atoms with Gasteiger partial charge in [-0.2, -0.15) is 0 Å². The number of nitrogens with one attached hydrogen (secondary N) is 1. The minimum Gasteiger partial charge on any atom is -0.396 e. The molecule has 0 fully saturated rings. The van der Waals surface area contributed by atoms with Gasteiger partial charge in [-0.05, 0) is 30.5 Å². The van der Waals surface area contributed by atoms with Crippen LogP contribution in [0.4, 0.5) is 0 Å². The largest absolute Gasteiger partial charge is 0.396 e. The van der Waals surface area contributed by atoms with E-state index in [0.717, 1.165) is 27.7 Å². The van der Waals surface area contributed by atoms with Gasteiger partial charge in [0.25, 0.3) is 0 Å². The summed E-state index contributed by atoms with van der Waals surface area (Å²) in [7, 11) is 1.82. The molecule has 0 saturated carbocycles. The normalized spacial score (nSPS) is 12.3. The van der Waals surface area contributed by atoms with Crippen molar-refractivity contribution in [3.63, 3.8) is 0 Å². The van der Waals surface area contributed by atoms with Gasteiger partial charge in [0.05, 0.1) is 12.5 Å². The second-order valence-corrected chi connectivity index (χ2v) is 6.39. The summed E-state index contributed by atoms with van der Waals surface area (Å²) in [5, 5.41) is 10.5. The van der Waals surface area contributed by atoms with E-state index in [2.05, 4.69) is 4.98 Å². The Morgan fingerprint density at radius 3 is 2.52 bits per heavy atom. The molecular formula is C21H24N2O2. The first-order chi connectivity index (χ1) is 12.1. The number of carbonyl (C=O) groups is 1. The van der Waals surface area contributed by atoms with Crippen molar-refractivity contribution in [1.29, 1.82) is 0 Å². The van der Waals surface area contributed by atoms with Crippen molar-refractivity contribution in [3.05, 3.63) is 71.4 Å². The van der Waals surface area contributed by atoms with Gasteiger partial charge < -0.3 is 15.0 Å². The molecule has 0 saturated heterocycles.